The van der Waals surface area contributed by atoms with Crippen LogP contribution in [-0.2, 0) is 6.42 Å². The quantitative estimate of drug-likeness (QED) is 0.884. The number of furan rings is 1. The minimum Gasteiger partial charge on any atom is -0.469 e. The Morgan fingerprint density at radius 1 is 1.19 bits per heavy atom. The smallest absolute Gasteiger partial charge is 0.104 e. The highest BCUT2D eigenvalue weighted by Crippen LogP contribution is 2.22. The van der Waals surface area contributed by atoms with Crippen LogP contribution in [0.25, 0.3) is 0 Å². The minimum atomic E-state index is 0.0587. The standard InChI is InChI=1S/C13H13ClO2/c14-12-5-3-10(4-6-12)11(9-15)8-13-2-1-7-16-13/h1-7,11,15H,8-9H2. The summed E-state index contributed by atoms with van der Waals surface area (Å²) in [5, 5.41) is 10.1. The number of hydrogen-bond acceptors (Lipinski definition) is 2. The summed E-state index contributed by atoms with van der Waals surface area (Å²) in [7, 11) is 0. The van der Waals surface area contributed by atoms with E-state index in [9.17, 15) is 5.11 Å². The zero-order valence-electron chi connectivity index (χ0n) is 8.77. The molecule has 0 aliphatic carbocycles. The second-order valence-electron chi connectivity index (χ2n) is 3.71. The summed E-state index contributed by atoms with van der Waals surface area (Å²) < 4.78 is 5.27. The van der Waals surface area contributed by atoms with Crippen molar-refractivity contribution < 1.29 is 9.52 Å². The summed E-state index contributed by atoms with van der Waals surface area (Å²) in [5.74, 6) is 0.942. The first-order valence-electron chi connectivity index (χ1n) is 5.18. The van der Waals surface area contributed by atoms with Gasteiger partial charge in [0.05, 0.1) is 12.9 Å². The summed E-state index contributed by atoms with van der Waals surface area (Å²) in [6.45, 7) is 0.0995. The van der Waals surface area contributed by atoms with Gasteiger partial charge >= 0.3 is 0 Å². The highest BCUT2D eigenvalue weighted by molar-refractivity contribution is 6.30. The normalized spacial score (nSPS) is 12.6. The Bertz CT molecular complexity index is 420. The molecule has 84 valence electrons. The number of rotatable bonds is 4. The fourth-order valence-electron chi connectivity index (χ4n) is 1.69. The fourth-order valence-corrected chi connectivity index (χ4v) is 1.82. The maximum Gasteiger partial charge on any atom is 0.104 e. The second kappa shape index (κ2) is 5.19. The van der Waals surface area contributed by atoms with E-state index >= 15 is 0 Å². The second-order valence-corrected chi connectivity index (χ2v) is 4.15. The molecule has 16 heavy (non-hydrogen) atoms. The van der Waals surface area contributed by atoms with Gasteiger partial charge in [0.1, 0.15) is 5.76 Å². The predicted octanol–water partition coefficient (Wildman–Crippen LogP) is 3.25. The molecule has 0 saturated carbocycles. The molecule has 0 saturated heterocycles. The molecule has 0 aliphatic rings. The first-order valence-corrected chi connectivity index (χ1v) is 5.56. The van der Waals surface area contributed by atoms with Gasteiger partial charge in [0.25, 0.3) is 0 Å². The minimum absolute atomic E-state index is 0.0587. The Morgan fingerprint density at radius 2 is 1.94 bits per heavy atom. The SMILES string of the molecule is OCC(Cc1ccco1)c1ccc(Cl)cc1. The van der Waals surface area contributed by atoms with Crippen LogP contribution in [0.1, 0.15) is 17.2 Å². The van der Waals surface area contributed by atoms with Gasteiger partial charge in [-0.15, -0.1) is 0 Å². The van der Waals surface area contributed by atoms with Crippen LogP contribution in [0.3, 0.4) is 0 Å². The third kappa shape index (κ3) is 2.65. The number of aliphatic hydroxyl groups excluding tert-OH is 1. The number of benzene rings is 1. The van der Waals surface area contributed by atoms with E-state index in [2.05, 4.69) is 0 Å². The van der Waals surface area contributed by atoms with Gasteiger partial charge in [-0.05, 0) is 29.8 Å². The third-order valence-corrected chi connectivity index (χ3v) is 2.84. The van der Waals surface area contributed by atoms with E-state index < -0.39 is 0 Å². The highest BCUT2D eigenvalue weighted by Gasteiger charge is 2.12. The van der Waals surface area contributed by atoms with Crippen molar-refractivity contribution in [2.24, 2.45) is 0 Å². The van der Waals surface area contributed by atoms with E-state index in [0.717, 1.165) is 11.3 Å². The van der Waals surface area contributed by atoms with Crippen molar-refractivity contribution in [1.82, 2.24) is 0 Å². The molecule has 1 aromatic heterocycles. The zero-order chi connectivity index (χ0) is 11.4. The van der Waals surface area contributed by atoms with Crippen LogP contribution in [0, 0.1) is 0 Å². The van der Waals surface area contributed by atoms with Crippen LogP contribution in [0.2, 0.25) is 5.02 Å². The van der Waals surface area contributed by atoms with E-state index in [1.54, 1.807) is 6.26 Å². The number of hydrogen-bond donors (Lipinski definition) is 1. The Hall–Kier alpha value is -1.25. The molecule has 1 atom stereocenters. The van der Waals surface area contributed by atoms with Crippen LogP contribution < -0.4 is 0 Å². The third-order valence-electron chi connectivity index (χ3n) is 2.59. The molecule has 1 N–H and O–H groups in total. The lowest BCUT2D eigenvalue weighted by Crippen LogP contribution is -2.07. The maximum atomic E-state index is 9.37. The molecule has 1 unspecified atom stereocenters. The van der Waals surface area contributed by atoms with Crippen molar-refractivity contribution in [3.8, 4) is 0 Å². The molecule has 1 heterocycles. The van der Waals surface area contributed by atoms with Gasteiger partial charge in [-0.3, -0.25) is 0 Å². The molecule has 0 amide bonds. The first-order chi connectivity index (χ1) is 7.79. The van der Waals surface area contributed by atoms with Gasteiger partial charge in [0.15, 0.2) is 0 Å². The van der Waals surface area contributed by atoms with Crippen molar-refractivity contribution in [1.29, 1.82) is 0 Å². The zero-order valence-corrected chi connectivity index (χ0v) is 9.52. The van der Waals surface area contributed by atoms with Gasteiger partial charge in [-0.2, -0.15) is 0 Å². The summed E-state index contributed by atoms with van der Waals surface area (Å²) in [6.07, 6.45) is 2.34. The Kier molecular flexibility index (Phi) is 3.65. The molecule has 0 radical (unpaired) electrons. The van der Waals surface area contributed by atoms with Gasteiger partial charge in [-0.25, -0.2) is 0 Å². The largest absolute Gasteiger partial charge is 0.469 e. The van der Waals surface area contributed by atoms with Crippen molar-refractivity contribution in [3.05, 3.63) is 59.0 Å². The summed E-state index contributed by atoms with van der Waals surface area (Å²) in [5.41, 5.74) is 1.07. The summed E-state index contributed by atoms with van der Waals surface area (Å²) in [4.78, 5) is 0. The van der Waals surface area contributed by atoms with Gasteiger partial charge in [0.2, 0.25) is 0 Å². The van der Waals surface area contributed by atoms with Crippen LogP contribution >= 0.6 is 11.6 Å². The van der Waals surface area contributed by atoms with Crippen LogP contribution in [0.5, 0.6) is 0 Å². The van der Waals surface area contributed by atoms with Crippen molar-refractivity contribution >= 4 is 11.6 Å². The molecule has 3 heteroatoms. The van der Waals surface area contributed by atoms with Gasteiger partial charge in [0, 0.05) is 17.4 Å². The molecule has 0 fully saturated rings. The maximum absolute atomic E-state index is 9.37. The van der Waals surface area contributed by atoms with Gasteiger partial charge < -0.3 is 9.52 Å². The molecule has 2 aromatic rings. The van der Waals surface area contributed by atoms with Crippen LogP contribution in [0.15, 0.2) is 47.1 Å². The van der Waals surface area contributed by atoms with Crippen molar-refractivity contribution in [3.63, 3.8) is 0 Å². The molecule has 0 bridgehead atoms. The lowest BCUT2D eigenvalue weighted by molar-refractivity contribution is 0.259. The van der Waals surface area contributed by atoms with E-state index in [1.165, 1.54) is 0 Å². The molecule has 0 spiro atoms. The molecule has 2 rings (SSSR count). The Labute approximate surface area is 99.5 Å². The molecular formula is C13H13ClO2. The molecule has 1 aromatic carbocycles. The molecule has 0 aliphatic heterocycles. The fraction of sp³-hybridized carbons (Fsp3) is 0.231. The lowest BCUT2D eigenvalue weighted by Gasteiger charge is -2.13. The lowest BCUT2D eigenvalue weighted by atomic mass is 9.95. The number of halogens is 1. The van der Waals surface area contributed by atoms with Crippen molar-refractivity contribution in [2.75, 3.05) is 6.61 Å². The van der Waals surface area contributed by atoms with E-state index in [1.807, 2.05) is 36.4 Å². The van der Waals surface area contributed by atoms with Crippen LogP contribution in [0.4, 0.5) is 0 Å². The summed E-state index contributed by atoms with van der Waals surface area (Å²) >= 11 is 5.82. The monoisotopic (exact) mass is 236 g/mol. The van der Waals surface area contributed by atoms with Gasteiger partial charge in [-0.1, -0.05) is 23.7 Å². The van der Waals surface area contributed by atoms with E-state index in [0.29, 0.717) is 11.4 Å². The average Bonchev–Trinajstić information content (AvgIpc) is 2.80. The summed E-state index contributed by atoms with van der Waals surface area (Å²) in [6, 6.07) is 11.3. The Morgan fingerprint density at radius 3 is 2.50 bits per heavy atom. The highest BCUT2D eigenvalue weighted by atomic mass is 35.5. The van der Waals surface area contributed by atoms with Crippen LogP contribution in [-0.4, -0.2) is 11.7 Å². The molecular weight excluding hydrogens is 224 g/mol. The first kappa shape index (κ1) is 11.2. The Balaban J connectivity index is 2.13. The van der Waals surface area contributed by atoms with E-state index in [4.69, 9.17) is 16.0 Å². The van der Waals surface area contributed by atoms with Crippen molar-refractivity contribution in [2.45, 2.75) is 12.3 Å². The molecule has 2 nitrogen and oxygen atoms in total. The van der Waals surface area contributed by atoms with E-state index in [-0.39, 0.29) is 12.5 Å². The topological polar surface area (TPSA) is 33.4 Å². The predicted molar refractivity (Wildman–Crippen MR) is 63.7 cm³/mol. The number of aliphatic hydroxyl groups is 1. The average molecular weight is 237 g/mol.